The average Bonchev–Trinajstić information content (AvgIpc) is 3.87. The van der Waals surface area contributed by atoms with Crippen molar-refractivity contribution in [2.45, 2.75) is 100 Å². The van der Waals surface area contributed by atoms with E-state index in [0.717, 1.165) is 75.6 Å². The van der Waals surface area contributed by atoms with Gasteiger partial charge in [0.15, 0.2) is 17.0 Å². The van der Waals surface area contributed by atoms with Crippen LogP contribution in [0.2, 0.25) is 0 Å². The summed E-state index contributed by atoms with van der Waals surface area (Å²) in [7, 11) is 5.59. The minimum atomic E-state index is -0.668. The molecule has 4 fully saturated rings. The lowest BCUT2D eigenvalue weighted by Crippen LogP contribution is -2.56. The maximum Gasteiger partial charge on any atom is 0.330 e. The number of hydrogen-bond acceptors (Lipinski definition) is 11. The van der Waals surface area contributed by atoms with Gasteiger partial charge in [-0.25, -0.2) is 9.78 Å². The Morgan fingerprint density at radius 2 is 1.84 bits per heavy atom. The van der Waals surface area contributed by atoms with E-state index in [-0.39, 0.29) is 35.4 Å². The Labute approximate surface area is 262 Å². The lowest BCUT2D eigenvalue weighted by Gasteiger charge is -2.50. The average molecular weight is 625 g/mol. The van der Waals surface area contributed by atoms with Crippen LogP contribution in [0.5, 0.6) is 5.88 Å². The third-order valence-corrected chi connectivity index (χ3v) is 11.2. The molecule has 5 aliphatic rings. The fourth-order valence-electron chi connectivity index (χ4n) is 8.91. The smallest absolute Gasteiger partial charge is 0.330 e. The van der Waals surface area contributed by atoms with Crippen LogP contribution in [0.3, 0.4) is 0 Å². The van der Waals surface area contributed by atoms with Crippen molar-refractivity contribution in [2.75, 3.05) is 47.1 Å². The Balaban J connectivity index is 1.26. The number of aryl methyl sites for hydroxylation is 1. The second kappa shape index (κ2) is 11.2. The van der Waals surface area contributed by atoms with Crippen molar-refractivity contribution < 1.29 is 28.2 Å². The zero-order valence-electron chi connectivity index (χ0n) is 26.7. The highest BCUT2D eigenvalue weighted by molar-refractivity contribution is 5.80. The molecule has 0 bridgehead atoms. The van der Waals surface area contributed by atoms with Gasteiger partial charge in [-0.05, 0) is 58.9 Å². The zero-order valence-corrected chi connectivity index (χ0v) is 26.7. The van der Waals surface area contributed by atoms with Crippen LogP contribution in [0.4, 0.5) is 0 Å². The summed E-state index contributed by atoms with van der Waals surface area (Å²) in [5, 5.41) is 4.74. The molecule has 0 amide bonds. The summed E-state index contributed by atoms with van der Waals surface area (Å²) < 4.78 is 40.4. The Bertz CT molecular complexity index is 1640. The molecule has 3 aliphatic heterocycles. The van der Waals surface area contributed by atoms with Gasteiger partial charge in [0, 0.05) is 45.3 Å². The fourth-order valence-corrected chi connectivity index (χ4v) is 8.91. The van der Waals surface area contributed by atoms with E-state index in [0.29, 0.717) is 55.1 Å². The lowest BCUT2D eigenvalue weighted by atomic mass is 9.61. The van der Waals surface area contributed by atoms with E-state index in [1.165, 1.54) is 0 Å². The second-order valence-corrected chi connectivity index (χ2v) is 13.6. The molecule has 1 saturated carbocycles. The number of nitrogens with zero attached hydrogens (tertiary/aromatic N) is 6. The van der Waals surface area contributed by atoms with Gasteiger partial charge in [0.25, 0.3) is 0 Å². The number of likely N-dealkylation sites (N-methyl/N-ethyl adjacent to an activating group) is 1. The summed E-state index contributed by atoms with van der Waals surface area (Å²) in [5.41, 5.74) is 2.48. The molecule has 0 unspecified atom stereocenters. The molecule has 3 aromatic heterocycles. The van der Waals surface area contributed by atoms with Gasteiger partial charge in [-0.3, -0.25) is 14.0 Å². The lowest BCUT2D eigenvalue weighted by molar-refractivity contribution is -0.231. The van der Waals surface area contributed by atoms with Crippen molar-refractivity contribution in [2.24, 2.45) is 7.05 Å². The molecule has 13 nitrogen and oxygen atoms in total. The summed E-state index contributed by atoms with van der Waals surface area (Å²) in [4.78, 5) is 26.1. The molecular formula is C32H44N6O7. The number of rotatable bonds is 6. The first-order chi connectivity index (χ1) is 21.9. The third-order valence-electron chi connectivity index (χ3n) is 11.2. The summed E-state index contributed by atoms with van der Waals surface area (Å²) in [6.07, 6.45) is 8.15. The molecule has 6 heterocycles. The van der Waals surface area contributed by atoms with Crippen LogP contribution in [0.15, 0.2) is 9.32 Å². The maximum atomic E-state index is 13.7. The number of likely N-dealkylation sites (tertiary alicyclic amines) is 1. The molecule has 3 saturated heterocycles. The first-order valence-corrected chi connectivity index (χ1v) is 16.6. The first kappa shape index (κ1) is 29.6. The van der Waals surface area contributed by atoms with Gasteiger partial charge in [-0.15, -0.1) is 0 Å². The van der Waals surface area contributed by atoms with Crippen molar-refractivity contribution in [3.63, 3.8) is 0 Å². The normalized spacial score (nSPS) is 30.5. The molecule has 45 heavy (non-hydrogen) atoms. The predicted octanol–water partition coefficient (Wildman–Crippen LogP) is 3.12. The minimum absolute atomic E-state index is 0.122. The van der Waals surface area contributed by atoms with Gasteiger partial charge in [0.1, 0.15) is 6.10 Å². The number of imidazole rings is 1. The van der Waals surface area contributed by atoms with Crippen molar-refractivity contribution in [3.8, 4) is 17.5 Å². The van der Waals surface area contributed by atoms with Crippen LogP contribution in [0.1, 0.15) is 75.6 Å². The zero-order chi connectivity index (χ0) is 30.9. The van der Waals surface area contributed by atoms with E-state index in [9.17, 15) is 4.79 Å². The largest absolute Gasteiger partial charge is 0.471 e. The number of methoxy groups -OCH3 is 1. The highest BCUT2D eigenvalue weighted by atomic mass is 16.7. The van der Waals surface area contributed by atoms with E-state index >= 15 is 0 Å². The van der Waals surface area contributed by atoms with Gasteiger partial charge >= 0.3 is 5.69 Å². The Morgan fingerprint density at radius 1 is 1.04 bits per heavy atom. The van der Waals surface area contributed by atoms with Crippen molar-refractivity contribution in [3.05, 3.63) is 21.7 Å². The molecule has 244 valence electrons. The van der Waals surface area contributed by atoms with Gasteiger partial charge in [0.2, 0.25) is 17.5 Å². The quantitative estimate of drug-likeness (QED) is 0.401. The van der Waals surface area contributed by atoms with Gasteiger partial charge in [0.05, 0.1) is 43.1 Å². The predicted molar refractivity (Wildman–Crippen MR) is 162 cm³/mol. The monoisotopic (exact) mass is 624 g/mol. The maximum absolute atomic E-state index is 13.7. The molecule has 0 radical (unpaired) electrons. The molecule has 2 spiro atoms. The van der Waals surface area contributed by atoms with Crippen LogP contribution >= 0.6 is 0 Å². The van der Waals surface area contributed by atoms with Crippen LogP contribution in [0, 0.1) is 0 Å². The number of hydrogen-bond donors (Lipinski definition) is 0. The van der Waals surface area contributed by atoms with E-state index < -0.39 is 5.79 Å². The standard InChI is InChI=1S/C32H44N6O7/c1-19(23-16-21(40-4)17-36(23)2)44-29-24-28(38(30(39)37(24)3)20-9-13-41-18-20)33-27(34-29)25-22-8-7-11-31(26(22)35-45-25)10-5-6-12-32(31)42-14-15-43-32/h19-21,23H,5-18H2,1-4H3/t19-,20+,21-,23-,31-/m0/s1. The molecule has 2 aliphatic carbocycles. The third kappa shape index (κ3) is 4.45. The van der Waals surface area contributed by atoms with Crippen LogP contribution in [0.25, 0.3) is 22.7 Å². The number of aromatic nitrogens is 5. The van der Waals surface area contributed by atoms with Crippen molar-refractivity contribution in [1.82, 2.24) is 29.2 Å². The summed E-state index contributed by atoms with van der Waals surface area (Å²) in [6.45, 7) is 5.13. The summed E-state index contributed by atoms with van der Waals surface area (Å²) in [6, 6.07) is 0.000817. The first-order valence-electron chi connectivity index (χ1n) is 16.6. The SMILES string of the molecule is CO[C@H]1C[C@@H]([C@H](C)Oc2nc(-c3onc4c3CCC[C@@]43CCCCC34OCCO4)nc3c2n(C)c(=O)n3[C@@H]2CCOC2)N(C)C1. The fraction of sp³-hybridized carbons (Fsp3) is 0.750. The van der Waals surface area contributed by atoms with Gasteiger partial charge in [-0.2, -0.15) is 4.98 Å². The highest BCUT2D eigenvalue weighted by Gasteiger charge is 2.61. The van der Waals surface area contributed by atoms with Gasteiger partial charge in [-0.1, -0.05) is 11.6 Å². The number of ether oxygens (including phenoxy) is 5. The van der Waals surface area contributed by atoms with E-state index in [1.54, 1.807) is 23.3 Å². The molecule has 0 aromatic carbocycles. The van der Waals surface area contributed by atoms with E-state index in [1.807, 2.05) is 0 Å². The number of fused-ring (bicyclic) bond motifs is 4. The van der Waals surface area contributed by atoms with Crippen molar-refractivity contribution in [1.29, 1.82) is 0 Å². The molecule has 5 atom stereocenters. The van der Waals surface area contributed by atoms with Crippen molar-refractivity contribution >= 4 is 11.2 Å². The summed E-state index contributed by atoms with van der Waals surface area (Å²) in [5.74, 6) is 0.603. The summed E-state index contributed by atoms with van der Waals surface area (Å²) >= 11 is 0. The molecule has 3 aromatic rings. The highest BCUT2D eigenvalue weighted by Crippen LogP contribution is 2.57. The second-order valence-electron chi connectivity index (χ2n) is 13.6. The van der Waals surface area contributed by atoms with Crippen LogP contribution in [-0.4, -0.2) is 100 Å². The van der Waals surface area contributed by atoms with Crippen LogP contribution < -0.4 is 10.4 Å². The topological polar surface area (TPSA) is 128 Å². The van der Waals surface area contributed by atoms with Crippen LogP contribution in [-0.2, 0) is 37.8 Å². The molecular weight excluding hydrogens is 580 g/mol. The Hall–Kier alpha value is -2.84. The van der Waals surface area contributed by atoms with E-state index in [4.69, 9.17) is 43.3 Å². The molecule has 0 N–H and O–H groups in total. The Kier molecular flexibility index (Phi) is 7.32. The van der Waals surface area contributed by atoms with Gasteiger partial charge < -0.3 is 28.2 Å². The molecule has 8 rings (SSSR count). The molecule has 13 heteroatoms. The Morgan fingerprint density at radius 3 is 2.60 bits per heavy atom. The van der Waals surface area contributed by atoms with E-state index in [2.05, 4.69) is 18.9 Å². The minimum Gasteiger partial charge on any atom is -0.471 e.